The number of aliphatic hydroxyl groups excluding tert-OH is 1. The van der Waals surface area contributed by atoms with Gasteiger partial charge in [-0.1, -0.05) is 30.3 Å². The van der Waals surface area contributed by atoms with Gasteiger partial charge < -0.3 is 9.84 Å². The van der Waals surface area contributed by atoms with E-state index in [1.54, 1.807) is 0 Å². The molecule has 0 aliphatic carbocycles. The Morgan fingerprint density at radius 3 is 2.31 bits per heavy atom. The van der Waals surface area contributed by atoms with Gasteiger partial charge in [-0.05, 0) is 35.9 Å². The Morgan fingerprint density at radius 2 is 1.69 bits per heavy atom. The van der Waals surface area contributed by atoms with Crippen molar-refractivity contribution in [1.29, 1.82) is 0 Å². The summed E-state index contributed by atoms with van der Waals surface area (Å²) in [7, 11) is 1.42. The Morgan fingerprint density at radius 1 is 1.03 bits per heavy atom. The fraction of sp³-hybridized carbons (Fsp3) is 0.120. The summed E-state index contributed by atoms with van der Waals surface area (Å²) in [5.41, 5.74) is -1.86. The first-order valence-electron chi connectivity index (χ1n) is 10.4. The van der Waals surface area contributed by atoms with Gasteiger partial charge >= 0.3 is 6.18 Å². The number of hydrogen-bond acceptors (Lipinski definition) is 6. The van der Waals surface area contributed by atoms with Gasteiger partial charge in [-0.3, -0.25) is 24.6 Å². The van der Waals surface area contributed by atoms with E-state index in [1.807, 2.05) is 0 Å². The van der Waals surface area contributed by atoms with Crippen molar-refractivity contribution in [1.82, 2.24) is 0 Å². The number of carbonyl (C=O) groups is 2. The number of nitrogens with zero attached hydrogens (tertiary/aromatic N) is 2. The van der Waals surface area contributed by atoms with Crippen molar-refractivity contribution in [2.24, 2.45) is 0 Å². The largest absolute Gasteiger partial charge is 0.507 e. The molecule has 8 nitrogen and oxygen atoms in total. The predicted octanol–water partition coefficient (Wildman–Crippen LogP) is 5.25. The van der Waals surface area contributed by atoms with E-state index in [-0.39, 0.29) is 16.9 Å². The number of amides is 1. The molecule has 0 saturated carbocycles. The van der Waals surface area contributed by atoms with Crippen molar-refractivity contribution in [3.63, 3.8) is 0 Å². The first kappa shape index (κ1) is 24.5. The summed E-state index contributed by atoms with van der Waals surface area (Å²) in [6, 6.07) is 13.4. The van der Waals surface area contributed by atoms with Crippen LogP contribution in [0.25, 0.3) is 5.76 Å². The summed E-state index contributed by atoms with van der Waals surface area (Å²) in [6.07, 6.45) is -4.71. The highest BCUT2D eigenvalue weighted by Gasteiger charge is 2.47. The van der Waals surface area contributed by atoms with Crippen molar-refractivity contribution in [2.45, 2.75) is 12.2 Å². The number of Topliss-reactive ketones (excluding diaryl/α,β-unsaturated/α-hetero) is 1. The molecule has 1 amide bonds. The van der Waals surface area contributed by atoms with E-state index in [0.717, 1.165) is 29.2 Å². The minimum Gasteiger partial charge on any atom is -0.507 e. The molecule has 36 heavy (non-hydrogen) atoms. The fourth-order valence-corrected chi connectivity index (χ4v) is 3.95. The maximum Gasteiger partial charge on any atom is 0.416 e. The van der Waals surface area contributed by atoms with Gasteiger partial charge in [-0.15, -0.1) is 0 Å². The van der Waals surface area contributed by atoms with E-state index in [2.05, 4.69) is 0 Å². The maximum atomic E-state index is 13.4. The molecule has 0 aromatic heterocycles. The summed E-state index contributed by atoms with van der Waals surface area (Å²) in [5.74, 6) is -2.58. The standard InChI is InChI=1S/C25H17F3N2O6/c1-36-19-10-8-14(9-11-19)21-20(22(31)15-4-2-7-18(12-15)30(34)35)23(32)24(33)29(21)17-6-3-5-16(13-17)25(26,27)28/h2-13,21,31H,1H3/b22-20-. The van der Waals surface area contributed by atoms with Gasteiger partial charge in [-0.25, -0.2) is 0 Å². The Hall–Kier alpha value is -4.67. The summed E-state index contributed by atoms with van der Waals surface area (Å²) in [5, 5.41) is 22.2. The van der Waals surface area contributed by atoms with E-state index in [0.29, 0.717) is 11.3 Å². The number of rotatable bonds is 5. The highest BCUT2D eigenvalue weighted by Crippen LogP contribution is 2.43. The topological polar surface area (TPSA) is 110 Å². The molecule has 0 spiro atoms. The molecule has 0 radical (unpaired) electrons. The van der Waals surface area contributed by atoms with Crippen LogP contribution in [0.4, 0.5) is 24.5 Å². The minimum absolute atomic E-state index is 0.107. The van der Waals surface area contributed by atoms with Crippen LogP contribution in [0.5, 0.6) is 5.75 Å². The first-order chi connectivity index (χ1) is 17.0. The average Bonchev–Trinajstić information content (AvgIpc) is 3.13. The zero-order chi connectivity index (χ0) is 26.2. The van der Waals surface area contributed by atoms with Crippen LogP contribution in [0.1, 0.15) is 22.7 Å². The molecule has 1 heterocycles. The van der Waals surface area contributed by atoms with E-state index in [9.17, 15) is 38.0 Å². The number of ketones is 1. The monoisotopic (exact) mass is 498 g/mol. The van der Waals surface area contributed by atoms with Crippen molar-refractivity contribution in [3.8, 4) is 5.75 Å². The normalized spacial score (nSPS) is 17.3. The third kappa shape index (κ3) is 4.38. The molecule has 1 aliphatic rings. The van der Waals surface area contributed by atoms with Crippen LogP contribution in [0.2, 0.25) is 0 Å². The number of methoxy groups -OCH3 is 1. The Kier molecular flexibility index (Phi) is 6.23. The number of ether oxygens (including phenoxy) is 1. The zero-order valence-electron chi connectivity index (χ0n) is 18.5. The van der Waals surface area contributed by atoms with Gasteiger partial charge in [0.15, 0.2) is 0 Å². The maximum absolute atomic E-state index is 13.4. The highest BCUT2D eigenvalue weighted by atomic mass is 19.4. The van der Waals surface area contributed by atoms with Gasteiger partial charge in [-0.2, -0.15) is 13.2 Å². The first-order valence-corrected chi connectivity index (χ1v) is 10.4. The Labute approximate surface area is 202 Å². The van der Waals surface area contributed by atoms with Crippen LogP contribution >= 0.6 is 0 Å². The van der Waals surface area contributed by atoms with E-state index < -0.39 is 45.7 Å². The highest BCUT2D eigenvalue weighted by molar-refractivity contribution is 6.51. The Bertz CT molecular complexity index is 1400. The number of nitro groups is 1. The SMILES string of the molecule is COc1ccc(C2/C(=C(/O)c3cccc([N+](=O)[O-])c3)C(=O)C(=O)N2c2cccc(C(F)(F)F)c2)cc1. The number of aliphatic hydroxyl groups is 1. The third-order valence-electron chi connectivity index (χ3n) is 5.66. The van der Waals surface area contributed by atoms with E-state index in [4.69, 9.17) is 4.74 Å². The van der Waals surface area contributed by atoms with Gasteiger partial charge in [0.05, 0.1) is 29.2 Å². The Balaban J connectivity index is 1.95. The fourth-order valence-electron chi connectivity index (χ4n) is 3.95. The summed E-state index contributed by atoms with van der Waals surface area (Å²) >= 11 is 0. The molecular weight excluding hydrogens is 481 g/mol. The second-order valence-electron chi connectivity index (χ2n) is 7.80. The van der Waals surface area contributed by atoms with Gasteiger partial charge in [0.2, 0.25) is 0 Å². The molecule has 1 fully saturated rings. The van der Waals surface area contributed by atoms with Gasteiger partial charge in [0.1, 0.15) is 11.5 Å². The molecule has 1 unspecified atom stereocenters. The number of carbonyl (C=O) groups excluding carboxylic acids is 2. The summed E-state index contributed by atoms with van der Waals surface area (Å²) in [6.45, 7) is 0. The number of non-ortho nitro benzene ring substituents is 1. The summed E-state index contributed by atoms with van der Waals surface area (Å²) in [4.78, 5) is 37.6. The van der Waals surface area contributed by atoms with Crippen molar-refractivity contribution < 1.29 is 37.5 Å². The third-order valence-corrected chi connectivity index (χ3v) is 5.66. The van der Waals surface area contributed by atoms with Crippen LogP contribution in [0.15, 0.2) is 78.4 Å². The lowest BCUT2D eigenvalue weighted by molar-refractivity contribution is -0.384. The van der Waals surface area contributed by atoms with Crippen LogP contribution < -0.4 is 9.64 Å². The zero-order valence-corrected chi connectivity index (χ0v) is 18.5. The molecule has 1 N–H and O–H groups in total. The van der Waals surface area contributed by atoms with Crippen molar-refractivity contribution >= 4 is 28.8 Å². The molecule has 3 aromatic rings. The van der Waals surface area contributed by atoms with Crippen LogP contribution in [0.3, 0.4) is 0 Å². The molecule has 1 saturated heterocycles. The van der Waals surface area contributed by atoms with Crippen molar-refractivity contribution in [2.75, 3.05) is 12.0 Å². The molecule has 11 heteroatoms. The van der Waals surface area contributed by atoms with Crippen LogP contribution in [0, 0.1) is 10.1 Å². The second kappa shape index (κ2) is 9.17. The minimum atomic E-state index is -4.71. The number of halogens is 3. The molecule has 1 aliphatic heterocycles. The number of benzene rings is 3. The van der Waals surface area contributed by atoms with Gasteiger partial charge in [0, 0.05) is 23.4 Å². The lowest BCUT2D eigenvalue weighted by Crippen LogP contribution is -2.29. The summed E-state index contributed by atoms with van der Waals surface area (Å²) < 4.78 is 45.2. The molecule has 0 bridgehead atoms. The lowest BCUT2D eigenvalue weighted by atomic mass is 9.95. The molecule has 184 valence electrons. The van der Waals surface area contributed by atoms with E-state index >= 15 is 0 Å². The molecule has 1 atom stereocenters. The number of nitro benzene ring substituents is 1. The molecule has 3 aromatic carbocycles. The number of hydrogen-bond donors (Lipinski definition) is 1. The van der Waals surface area contributed by atoms with E-state index in [1.165, 1.54) is 55.6 Å². The van der Waals surface area contributed by atoms with Crippen molar-refractivity contribution in [3.05, 3.63) is 105 Å². The smallest absolute Gasteiger partial charge is 0.416 e. The van der Waals surface area contributed by atoms with Crippen LogP contribution in [-0.2, 0) is 15.8 Å². The number of anilines is 1. The quantitative estimate of drug-likeness (QED) is 0.169. The second-order valence-corrected chi connectivity index (χ2v) is 7.80. The predicted molar refractivity (Wildman–Crippen MR) is 122 cm³/mol. The average molecular weight is 498 g/mol. The molecule has 4 rings (SSSR count). The molecular formula is C25H17F3N2O6. The lowest BCUT2D eigenvalue weighted by Gasteiger charge is -2.26. The van der Waals surface area contributed by atoms with Crippen LogP contribution in [-0.4, -0.2) is 28.8 Å². The van der Waals surface area contributed by atoms with Gasteiger partial charge in [0.25, 0.3) is 17.4 Å². The number of alkyl halides is 3.